The van der Waals surface area contributed by atoms with Crippen LogP contribution >= 0.6 is 10.7 Å². The van der Waals surface area contributed by atoms with Crippen molar-refractivity contribution in [3.63, 3.8) is 0 Å². The van der Waals surface area contributed by atoms with Gasteiger partial charge >= 0.3 is 0 Å². The Kier molecular flexibility index (Phi) is 2.70. The minimum Gasteiger partial charge on any atom is -0.212 e. The molecule has 0 saturated carbocycles. The average molecular weight is 169 g/mol. The molecule has 0 aromatic heterocycles. The summed E-state index contributed by atoms with van der Waals surface area (Å²) in [4.78, 5) is 0. The van der Waals surface area contributed by atoms with Crippen LogP contribution in [0.3, 0.4) is 0 Å². The van der Waals surface area contributed by atoms with Crippen molar-refractivity contribution < 1.29 is 8.42 Å². The first-order valence-corrected chi connectivity index (χ1v) is 4.82. The summed E-state index contributed by atoms with van der Waals surface area (Å²) >= 11 is 0. The summed E-state index contributed by atoms with van der Waals surface area (Å²) in [6.07, 6.45) is 0. The molecule has 0 N–H and O–H groups in total. The Morgan fingerprint density at radius 2 is 2.00 bits per heavy atom. The van der Waals surface area contributed by atoms with Gasteiger partial charge < -0.3 is 0 Å². The minimum atomic E-state index is -3.43. The van der Waals surface area contributed by atoms with E-state index >= 15 is 0 Å². The third kappa shape index (κ3) is 2.87. The van der Waals surface area contributed by atoms with Gasteiger partial charge in [0.2, 0.25) is 9.05 Å². The SMILES string of the molecule is C=C(C)C(C)S(=O)(=O)Cl. The van der Waals surface area contributed by atoms with Crippen LogP contribution in [0.4, 0.5) is 0 Å². The van der Waals surface area contributed by atoms with Crippen molar-refractivity contribution in [2.45, 2.75) is 19.1 Å². The summed E-state index contributed by atoms with van der Waals surface area (Å²) in [5.74, 6) is 0. The van der Waals surface area contributed by atoms with Gasteiger partial charge in [-0.05, 0) is 13.8 Å². The highest BCUT2D eigenvalue weighted by Crippen LogP contribution is 2.12. The molecule has 0 spiro atoms. The van der Waals surface area contributed by atoms with Crippen molar-refractivity contribution in [3.8, 4) is 0 Å². The summed E-state index contributed by atoms with van der Waals surface area (Å²) in [5, 5.41) is -0.640. The van der Waals surface area contributed by atoms with Crippen LogP contribution in [-0.4, -0.2) is 13.7 Å². The van der Waals surface area contributed by atoms with Crippen LogP contribution in [0.25, 0.3) is 0 Å². The van der Waals surface area contributed by atoms with Crippen molar-refractivity contribution in [1.29, 1.82) is 0 Å². The molecule has 4 heteroatoms. The quantitative estimate of drug-likeness (QED) is 0.463. The van der Waals surface area contributed by atoms with Crippen LogP contribution in [0.1, 0.15) is 13.8 Å². The number of hydrogen-bond donors (Lipinski definition) is 0. The predicted octanol–water partition coefficient (Wildman–Crippen LogP) is 1.52. The lowest BCUT2D eigenvalue weighted by Gasteiger charge is -2.04. The van der Waals surface area contributed by atoms with Crippen LogP contribution in [0.2, 0.25) is 0 Å². The van der Waals surface area contributed by atoms with Gasteiger partial charge in [0.1, 0.15) is 0 Å². The van der Waals surface area contributed by atoms with E-state index in [2.05, 4.69) is 6.58 Å². The molecule has 0 aromatic carbocycles. The molecule has 0 rings (SSSR count). The Labute approximate surface area is 59.9 Å². The van der Waals surface area contributed by atoms with E-state index in [1.807, 2.05) is 0 Å². The van der Waals surface area contributed by atoms with Crippen LogP contribution in [-0.2, 0) is 9.05 Å². The van der Waals surface area contributed by atoms with Gasteiger partial charge in [-0.1, -0.05) is 12.2 Å². The Morgan fingerprint density at radius 1 is 1.67 bits per heavy atom. The molecule has 0 amide bonds. The van der Waals surface area contributed by atoms with E-state index < -0.39 is 14.3 Å². The Bertz CT molecular complexity index is 205. The molecule has 0 aliphatic heterocycles. The first-order chi connectivity index (χ1) is 3.85. The van der Waals surface area contributed by atoms with Gasteiger partial charge in [0.25, 0.3) is 0 Å². The zero-order chi connectivity index (χ0) is 7.65. The average Bonchev–Trinajstić information content (AvgIpc) is 1.62. The number of halogens is 1. The fraction of sp³-hybridized carbons (Fsp3) is 0.600. The predicted molar refractivity (Wildman–Crippen MR) is 39.0 cm³/mol. The lowest BCUT2D eigenvalue weighted by molar-refractivity contribution is 0.603. The molecule has 0 aromatic rings. The second kappa shape index (κ2) is 2.71. The number of rotatable bonds is 2. The zero-order valence-electron chi connectivity index (χ0n) is 5.39. The van der Waals surface area contributed by atoms with E-state index in [9.17, 15) is 8.42 Å². The highest BCUT2D eigenvalue weighted by atomic mass is 35.7. The fourth-order valence-electron chi connectivity index (χ4n) is 0.240. The molecule has 1 atom stereocenters. The zero-order valence-corrected chi connectivity index (χ0v) is 6.96. The van der Waals surface area contributed by atoms with Gasteiger partial charge in [-0.3, -0.25) is 0 Å². The molecular formula is C5H9ClO2S. The topological polar surface area (TPSA) is 34.1 Å². The summed E-state index contributed by atoms with van der Waals surface area (Å²) < 4.78 is 21.0. The highest BCUT2D eigenvalue weighted by Gasteiger charge is 2.16. The molecular weight excluding hydrogens is 160 g/mol. The maximum atomic E-state index is 10.5. The van der Waals surface area contributed by atoms with Gasteiger partial charge in [0.05, 0.1) is 5.25 Å². The molecule has 0 aliphatic rings. The Hall–Kier alpha value is -0.0200. The van der Waals surface area contributed by atoms with Gasteiger partial charge in [-0.2, -0.15) is 0 Å². The first kappa shape index (κ1) is 8.98. The van der Waals surface area contributed by atoms with Crippen LogP contribution in [0, 0.1) is 0 Å². The van der Waals surface area contributed by atoms with Gasteiger partial charge in [-0.25, -0.2) is 8.42 Å². The van der Waals surface area contributed by atoms with Crippen molar-refractivity contribution in [2.75, 3.05) is 0 Å². The van der Waals surface area contributed by atoms with Crippen LogP contribution in [0.15, 0.2) is 12.2 Å². The fourth-order valence-corrected chi connectivity index (χ4v) is 1.18. The van der Waals surface area contributed by atoms with Crippen molar-refractivity contribution in [3.05, 3.63) is 12.2 Å². The molecule has 54 valence electrons. The third-order valence-corrected chi connectivity index (χ3v) is 3.17. The summed E-state index contributed by atoms with van der Waals surface area (Å²) in [5.41, 5.74) is 0.560. The molecule has 0 heterocycles. The highest BCUT2D eigenvalue weighted by molar-refractivity contribution is 8.14. The first-order valence-electron chi connectivity index (χ1n) is 2.44. The monoisotopic (exact) mass is 168 g/mol. The lowest BCUT2D eigenvalue weighted by atomic mass is 10.3. The normalized spacial score (nSPS) is 15.0. The van der Waals surface area contributed by atoms with Gasteiger partial charge in [0, 0.05) is 10.7 Å². The number of hydrogen-bond acceptors (Lipinski definition) is 2. The molecule has 0 fully saturated rings. The van der Waals surface area contributed by atoms with Crippen molar-refractivity contribution in [2.24, 2.45) is 0 Å². The molecule has 2 nitrogen and oxygen atoms in total. The van der Waals surface area contributed by atoms with E-state index in [0.29, 0.717) is 5.57 Å². The second-order valence-electron chi connectivity index (χ2n) is 1.96. The maximum absolute atomic E-state index is 10.5. The third-order valence-electron chi connectivity index (χ3n) is 1.12. The molecule has 0 aliphatic carbocycles. The molecule has 1 unspecified atom stereocenters. The second-order valence-corrected chi connectivity index (χ2v) is 4.91. The Balaban J connectivity index is 4.43. The smallest absolute Gasteiger partial charge is 0.212 e. The van der Waals surface area contributed by atoms with Gasteiger partial charge in [0.15, 0.2) is 0 Å². The van der Waals surface area contributed by atoms with E-state index in [0.717, 1.165) is 0 Å². The van der Waals surface area contributed by atoms with E-state index in [4.69, 9.17) is 10.7 Å². The van der Waals surface area contributed by atoms with E-state index in [1.165, 1.54) is 6.92 Å². The molecule has 0 saturated heterocycles. The summed E-state index contributed by atoms with van der Waals surface area (Å²) in [6, 6.07) is 0. The van der Waals surface area contributed by atoms with Crippen molar-refractivity contribution >= 4 is 19.7 Å². The van der Waals surface area contributed by atoms with Crippen LogP contribution < -0.4 is 0 Å². The summed E-state index contributed by atoms with van der Waals surface area (Å²) in [7, 11) is 1.56. The van der Waals surface area contributed by atoms with Crippen molar-refractivity contribution in [1.82, 2.24) is 0 Å². The van der Waals surface area contributed by atoms with E-state index in [1.54, 1.807) is 6.92 Å². The standard InChI is InChI=1S/C5H9ClO2S/c1-4(2)5(3)9(6,7)8/h5H,1H2,2-3H3. The van der Waals surface area contributed by atoms with Gasteiger partial charge in [-0.15, -0.1) is 0 Å². The molecule has 9 heavy (non-hydrogen) atoms. The lowest BCUT2D eigenvalue weighted by Crippen LogP contribution is -2.11. The minimum absolute atomic E-state index is 0.560. The molecule has 0 radical (unpaired) electrons. The maximum Gasteiger partial charge on any atom is 0.238 e. The van der Waals surface area contributed by atoms with Crippen LogP contribution in [0.5, 0.6) is 0 Å². The molecule has 0 bridgehead atoms. The largest absolute Gasteiger partial charge is 0.238 e. The Morgan fingerprint density at radius 3 is 2.00 bits per heavy atom. The van der Waals surface area contributed by atoms with E-state index in [-0.39, 0.29) is 0 Å². The summed E-state index contributed by atoms with van der Waals surface area (Å²) in [6.45, 7) is 6.59.